The number of nitrogens with one attached hydrogen (secondary N) is 2. The number of hydrogen-bond acceptors (Lipinski definition) is 5. The fourth-order valence-electron chi connectivity index (χ4n) is 1.68. The van der Waals surface area contributed by atoms with Crippen molar-refractivity contribution >= 4 is 46.5 Å². The molecule has 1 aromatic carbocycles. The molecular formula is C13H10Cl3N3O4. The molecule has 122 valence electrons. The van der Waals surface area contributed by atoms with E-state index in [0.717, 1.165) is 10.9 Å². The fourth-order valence-corrected chi connectivity index (χ4v) is 2.58. The predicted molar refractivity (Wildman–Crippen MR) is 87.8 cm³/mol. The zero-order chi connectivity index (χ0) is 17.1. The van der Waals surface area contributed by atoms with Crippen molar-refractivity contribution in [2.75, 3.05) is 12.0 Å². The topological polar surface area (TPSA) is 93.2 Å². The number of nitrogens with zero attached hydrogens (tertiary/aromatic N) is 1. The molecule has 23 heavy (non-hydrogen) atoms. The minimum Gasteiger partial charge on any atom is -0.462 e. The molecule has 2 N–H and O–H groups in total. The minimum absolute atomic E-state index is 0.0830. The van der Waals surface area contributed by atoms with Crippen molar-refractivity contribution in [3.8, 4) is 0 Å². The summed E-state index contributed by atoms with van der Waals surface area (Å²) in [6, 6.07) is 2.83. The molecule has 7 nitrogen and oxygen atoms in total. The standard InChI is InChI=1S/C13H10Cl3N3O4/c1-2-23-12(21)7-5-19(13(22)17-11(7)20)18-10-8(15)3-6(14)4-9(10)16/h3-5,18H,2H2,1H3,(H,17,20,22). The second kappa shape index (κ2) is 7.08. The van der Waals surface area contributed by atoms with E-state index in [-0.39, 0.29) is 27.9 Å². The zero-order valence-electron chi connectivity index (χ0n) is 11.7. The van der Waals surface area contributed by atoms with Crippen LogP contribution in [0.25, 0.3) is 0 Å². The molecule has 0 fully saturated rings. The number of aromatic amines is 1. The number of esters is 1. The Morgan fingerprint density at radius 3 is 2.43 bits per heavy atom. The van der Waals surface area contributed by atoms with Gasteiger partial charge in [0.2, 0.25) is 0 Å². The van der Waals surface area contributed by atoms with Crippen molar-refractivity contribution in [3.63, 3.8) is 0 Å². The number of carbonyl (C=O) groups is 1. The lowest BCUT2D eigenvalue weighted by Gasteiger charge is -2.13. The van der Waals surface area contributed by atoms with Gasteiger partial charge in [0.25, 0.3) is 5.56 Å². The summed E-state index contributed by atoms with van der Waals surface area (Å²) in [5.41, 5.74) is 0.763. The van der Waals surface area contributed by atoms with Crippen LogP contribution in [0.4, 0.5) is 5.69 Å². The van der Waals surface area contributed by atoms with E-state index < -0.39 is 17.2 Å². The number of rotatable bonds is 4. The van der Waals surface area contributed by atoms with Gasteiger partial charge in [0.05, 0.1) is 28.5 Å². The van der Waals surface area contributed by atoms with E-state index in [2.05, 4.69) is 5.43 Å². The SMILES string of the molecule is CCOC(=O)c1cn(Nc2c(Cl)cc(Cl)cc2Cl)c(=O)[nH]c1=O. The Morgan fingerprint density at radius 1 is 1.26 bits per heavy atom. The van der Waals surface area contributed by atoms with E-state index in [0.29, 0.717) is 5.02 Å². The Bertz CT molecular complexity index is 852. The maximum atomic E-state index is 11.8. The molecule has 0 aliphatic carbocycles. The predicted octanol–water partition coefficient (Wildman–Crippen LogP) is 2.55. The first-order valence-corrected chi connectivity index (χ1v) is 7.41. The number of aromatic nitrogens is 2. The van der Waals surface area contributed by atoms with E-state index in [1.807, 2.05) is 4.98 Å². The monoisotopic (exact) mass is 377 g/mol. The third-order valence-corrected chi connectivity index (χ3v) is 3.49. The van der Waals surface area contributed by atoms with Crippen LogP contribution < -0.4 is 16.7 Å². The van der Waals surface area contributed by atoms with Crippen molar-refractivity contribution in [3.05, 3.63) is 59.8 Å². The highest BCUT2D eigenvalue weighted by molar-refractivity contribution is 6.41. The molecule has 0 aliphatic heterocycles. The van der Waals surface area contributed by atoms with Crippen molar-refractivity contribution in [1.82, 2.24) is 9.66 Å². The first-order valence-electron chi connectivity index (χ1n) is 6.28. The summed E-state index contributed by atoms with van der Waals surface area (Å²) in [5, 5.41) is 0.614. The molecule has 0 bridgehead atoms. The van der Waals surface area contributed by atoms with Gasteiger partial charge in [-0.1, -0.05) is 34.8 Å². The molecule has 0 spiro atoms. The van der Waals surface area contributed by atoms with E-state index in [4.69, 9.17) is 39.5 Å². The van der Waals surface area contributed by atoms with Crippen molar-refractivity contribution in [1.29, 1.82) is 0 Å². The lowest BCUT2D eigenvalue weighted by Crippen LogP contribution is -2.36. The molecule has 1 aromatic heterocycles. The van der Waals surface area contributed by atoms with Crippen LogP contribution in [-0.2, 0) is 4.74 Å². The maximum absolute atomic E-state index is 11.8. The molecule has 0 radical (unpaired) electrons. The third-order valence-electron chi connectivity index (χ3n) is 2.68. The van der Waals surface area contributed by atoms with Crippen LogP contribution >= 0.6 is 34.8 Å². The first kappa shape index (κ1) is 17.4. The number of ether oxygens (including phenoxy) is 1. The second-order valence-corrected chi connectivity index (χ2v) is 5.50. The van der Waals surface area contributed by atoms with Gasteiger partial charge < -0.3 is 4.74 Å². The highest BCUT2D eigenvalue weighted by Crippen LogP contribution is 2.33. The smallest absolute Gasteiger partial charge is 0.347 e. The summed E-state index contributed by atoms with van der Waals surface area (Å²) in [7, 11) is 0. The van der Waals surface area contributed by atoms with Gasteiger partial charge in [0.15, 0.2) is 0 Å². The zero-order valence-corrected chi connectivity index (χ0v) is 13.9. The molecule has 0 saturated carbocycles. The molecular weight excluding hydrogens is 369 g/mol. The van der Waals surface area contributed by atoms with Gasteiger partial charge in [-0.2, -0.15) is 0 Å². The number of H-pyrrole nitrogens is 1. The molecule has 10 heteroatoms. The average Bonchev–Trinajstić information content (AvgIpc) is 2.44. The van der Waals surface area contributed by atoms with Gasteiger partial charge in [-0.15, -0.1) is 0 Å². The van der Waals surface area contributed by atoms with E-state index in [9.17, 15) is 14.4 Å². The average molecular weight is 379 g/mol. The molecule has 0 unspecified atom stereocenters. The lowest BCUT2D eigenvalue weighted by molar-refractivity contribution is 0.0523. The first-order chi connectivity index (χ1) is 10.8. The van der Waals surface area contributed by atoms with E-state index in [1.165, 1.54) is 12.1 Å². The van der Waals surface area contributed by atoms with Crippen molar-refractivity contribution in [2.24, 2.45) is 0 Å². The molecule has 0 aliphatic rings. The van der Waals surface area contributed by atoms with Gasteiger partial charge in [0, 0.05) is 5.02 Å². The second-order valence-electron chi connectivity index (χ2n) is 4.25. The quantitative estimate of drug-likeness (QED) is 0.798. The largest absolute Gasteiger partial charge is 0.462 e. The van der Waals surface area contributed by atoms with Crippen LogP contribution in [0.15, 0.2) is 27.9 Å². The van der Waals surface area contributed by atoms with Crippen LogP contribution in [-0.4, -0.2) is 22.2 Å². The Hall–Kier alpha value is -1.96. The fraction of sp³-hybridized carbons (Fsp3) is 0.154. The Balaban J connectivity index is 2.49. The summed E-state index contributed by atoms with van der Waals surface area (Å²) in [6.07, 6.45) is 1.00. The number of halogens is 3. The molecule has 2 aromatic rings. The Kier molecular flexibility index (Phi) is 5.35. The molecule has 0 atom stereocenters. The van der Waals surface area contributed by atoms with Gasteiger partial charge in [-0.25, -0.2) is 14.3 Å². The number of carbonyl (C=O) groups excluding carboxylic acids is 1. The van der Waals surface area contributed by atoms with Gasteiger partial charge in [-0.05, 0) is 19.1 Å². The number of anilines is 1. The third kappa shape index (κ3) is 3.87. The van der Waals surface area contributed by atoms with Gasteiger partial charge in [0.1, 0.15) is 5.56 Å². The van der Waals surface area contributed by atoms with E-state index in [1.54, 1.807) is 6.92 Å². The highest BCUT2D eigenvalue weighted by atomic mass is 35.5. The maximum Gasteiger partial charge on any atom is 0.347 e. The van der Waals surface area contributed by atoms with Crippen molar-refractivity contribution < 1.29 is 9.53 Å². The number of benzene rings is 1. The minimum atomic E-state index is -0.863. The highest BCUT2D eigenvalue weighted by Gasteiger charge is 2.15. The van der Waals surface area contributed by atoms with Crippen LogP contribution in [0, 0.1) is 0 Å². The molecule has 2 rings (SSSR count). The summed E-state index contributed by atoms with van der Waals surface area (Å²) < 4.78 is 5.60. The van der Waals surface area contributed by atoms with Gasteiger partial charge >= 0.3 is 11.7 Å². The Labute approximate surface area is 144 Å². The Morgan fingerprint density at radius 2 is 1.87 bits per heavy atom. The van der Waals surface area contributed by atoms with Crippen LogP contribution in [0.1, 0.15) is 17.3 Å². The molecule has 1 heterocycles. The lowest BCUT2D eigenvalue weighted by atomic mass is 10.3. The van der Waals surface area contributed by atoms with Gasteiger partial charge in [-0.3, -0.25) is 15.2 Å². The number of hydrogen-bond donors (Lipinski definition) is 2. The molecule has 0 saturated heterocycles. The normalized spacial score (nSPS) is 10.4. The summed E-state index contributed by atoms with van der Waals surface area (Å²) in [6.45, 7) is 1.67. The van der Waals surface area contributed by atoms with Crippen LogP contribution in [0.5, 0.6) is 0 Å². The molecule has 0 amide bonds. The summed E-state index contributed by atoms with van der Waals surface area (Å²) >= 11 is 17.8. The van der Waals surface area contributed by atoms with Crippen molar-refractivity contribution in [2.45, 2.75) is 6.92 Å². The van der Waals surface area contributed by atoms with E-state index >= 15 is 0 Å². The summed E-state index contributed by atoms with van der Waals surface area (Å²) in [5.74, 6) is -0.863. The van der Waals surface area contributed by atoms with Crippen LogP contribution in [0.2, 0.25) is 15.1 Å². The summed E-state index contributed by atoms with van der Waals surface area (Å²) in [4.78, 5) is 37.2. The van der Waals surface area contributed by atoms with Crippen LogP contribution in [0.3, 0.4) is 0 Å².